The number of hydrogen-bond donors (Lipinski definition) is 2. The van der Waals surface area contributed by atoms with E-state index in [1.807, 2.05) is 0 Å². The van der Waals surface area contributed by atoms with Gasteiger partial charge in [-0.05, 0) is 12.1 Å². The maximum absolute atomic E-state index is 12.8. The number of nitrogens with two attached hydrogens (primary N) is 1. The summed E-state index contributed by atoms with van der Waals surface area (Å²) < 4.78 is 79.2. The average molecular weight is 453 g/mol. The number of nitrogen functional groups attached to an aromatic ring is 1. The molecule has 0 saturated heterocycles. The summed E-state index contributed by atoms with van der Waals surface area (Å²) in [4.78, 5) is 12.8. The lowest BCUT2D eigenvalue weighted by atomic mass is 10.1. The Morgan fingerprint density at radius 2 is 1.46 bits per heavy atom. The van der Waals surface area contributed by atoms with Gasteiger partial charge in [-0.25, -0.2) is 16.8 Å². The molecule has 1 rings (SSSR count). The van der Waals surface area contributed by atoms with E-state index in [1.54, 1.807) is 0 Å². The van der Waals surface area contributed by atoms with Crippen molar-refractivity contribution in [2.75, 3.05) is 30.3 Å². The predicted molar refractivity (Wildman–Crippen MR) is 105 cm³/mol. The molecule has 0 aliphatic rings. The van der Waals surface area contributed by atoms with Crippen LogP contribution in [0.3, 0.4) is 0 Å². The van der Waals surface area contributed by atoms with Crippen molar-refractivity contribution in [1.29, 1.82) is 0 Å². The maximum Gasteiger partial charge on any atom is 0.297 e. The molecule has 0 unspecified atom stereocenters. The fraction of sp³-hybridized carbons (Fsp3) is 0.267. The second kappa shape index (κ2) is 8.86. The number of nitrogens with zero attached hydrogens (tertiary/aromatic N) is 1. The van der Waals surface area contributed by atoms with Crippen LogP contribution in [-0.4, -0.2) is 65.2 Å². The molecule has 0 spiro atoms. The lowest BCUT2D eigenvalue weighted by Gasteiger charge is -2.23. The van der Waals surface area contributed by atoms with Crippen LogP contribution >= 0.6 is 0 Å². The topological polar surface area (TPSA) is 169 Å². The molecule has 0 bridgehead atoms. The minimum atomic E-state index is -4.88. The summed E-state index contributed by atoms with van der Waals surface area (Å²) >= 11 is 0. The Morgan fingerprint density at radius 1 is 1.00 bits per heavy atom. The van der Waals surface area contributed by atoms with Gasteiger partial charge in [-0.15, -0.1) is 0 Å². The lowest BCUT2D eigenvalue weighted by Crippen LogP contribution is -2.38. The Kier molecular flexibility index (Phi) is 7.53. The number of anilines is 1. The van der Waals surface area contributed by atoms with Gasteiger partial charge in [0.05, 0.1) is 22.8 Å². The highest BCUT2D eigenvalue weighted by Gasteiger charge is 2.27. The van der Waals surface area contributed by atoms with Gasteiger partial charge in [0, 0.05) is 23.9 Å². The molecule has 0 fully saturated rings. The molecular weight excluding hydrogens is 432 g/mol. The summed E-state index contributed by atoms with van der Waals surface area (Å²) in [7, 11) is -12.3. The van der Waals surface area contributed by atoms with Gasteiger partial charge in [-0.1, -0.05) is 19.2 Å². The van der Waals surface area contributed by atoms with E-state index < -0.39 is 76.4 Å². The van der Waals surface area contributed by atoms with Crippen molar-refractivity contribution in [2.24, 2.45) is 0 Å². The summed E-state index contributed by atoms with van der Waals surface area (Å²) in [5.41, 5.74) is 4.63. The Labute approximate surface area is 163 Å². The number of amides is 1. The van der Waals surface area contributed by atoms with E-state index >= 15 is 0 Å². The molecule has 156 valence electrons. The Hall–Kier alpha value is -2.22. The van der Waals surface area contributed by atoms with Crippen LogP contribution in [0.15, 0.2) is 47.1 Å². The highest BCUT2D eigenvalue weighted by atomic mass is 32.2. The van der Waals surface area contributed by atoms with E-state index in [2.05, 4.69) is 13.2 Å². The first-order valence-electron chi connectivity index (χ1n) is 7.59. The number of benzene rings is 1. The van der Waals surface area contributed by atoms with Gasteiger partial charge in [-0.3, -0.25) is 9.35 Å². The van der Waals surface area contributed by atoms with Gasteiger partial charge in [0.25, 0.3) is 16.0 Å². The third-order valence-corrected chi connectivity index (χ3v) is 7.11. The summed E-state index contributed by atoms with van der Waals surface area (Å²) in [5, 5.41) is 1.36. The first kappa shape index (κ1) is 23.8. The zero-order valence-corrected chi connectivity index (χ0v) is 17.1. The molecule has 0 aliphatic heterocycles. The maximum atomic E-state index is 12.8. The number of rotatable bonds is 10. The fourth-order valence-corrected chi connectivity index (χ4v) is 4.22. The molecule has 0 aliphatic carbocycles. The molecule has 1 amide bonds. The standard InChI is InChI=1S/C15H20N2O8S3/c1-3-26(19,20)10-8-17(9-11-27(21,22)4-2)15(18)12-6-5-7-13(16)14(12)28(23,24)25/h3-7H,1-2,8-11,16H2,(H,23,24,25). The molecule has 3 N–H and O–H groups in total. The van der Waals surface area contributed by atoms with E-state index in [4.69, 9.17) is 5.73 Å². The van der Waals surface area contributed by atoms with Gasteiger partial charge >= 0.3 is 0 Å². The van der Waals surface area contributed by atoms with E-state index in [0.29, 0.717) is 10.8 Å². The fourth-order valence-electron chi connectivity index (χ4n) is 2.14. The van der Waals surface area contributed by atoms with Crippen LogP contribution in [0.4, 0.5) is 5.69 Å². The van der Waals surface area contributed by atoms with E-state index in [0.717, 1.165) is 17.0 Å². The normalized spacial score (nSPS) is 12.3. The smallest absolute Gasteiger partial charge is 0.297 e. The minimum absolute atomic E-state index is 0.397. The van der Waals surface area contributed by atoms with Crippen molar-refractivity contribution < 1.29 is 34.6 Å². The first-order chi connectivity index (χ1) is 12.7. The van der Waals surface area contributed by atoms with Crippen molar-refractivity contribution in [3.05, 3.63) is 47.7 Å². The van der Waals surface area contributed by atoms with E-state index in [1.165, 1.54) is 6.07 Å². The number of carbonyl (C=O) groups is 1. The first-order valence-corrected chi connectivity index (χ1v) is 12.5. The zero-order valence-electron chi connectivity index (χ0n) is 14.7. The van der Waals surface area contributed by atoms with Gasteiger partial charge in [0.15, 0.2) is 19.7 Å². The molecule has 28 heavy (non-hydrogen) atoms. The molecular formula is C15H20N2O8S3. The van der Waals surface area contributed by atoms with Gasteiger partial charge < -0.3 is 10.6 Å². The molecule has 0 atom stereocenters. The van der Waals surface area contributed by atoms with Crippen LogP contribution in [0.25, 0.3) is 0 Å². The van der Waals surface area contributed by atoms with Crippen LogP contribution in [0.1, 0.15) is 10.4 Å². The van der Waals surface area contributed by atoms with Crippen LogP contribution in [0, 0.1) is 0 Å². The molecule has 1 aromatic rings. The van der Waals surface area contributed by atoms with Crippen molar-refractivity contribution >= 4 is 41.4 Å². The largest absolute Gasteiger partial charge is 0.398 e. The Balaban J connectivity index is 3.37. The molecule has 1 aromatic carbocycles. The summed E-state index contributed by atoms with van der Waals surface area (Å²) in [5.74, 6) is -2.15. The van der Waals surface area contributed by atoms with E-state index in [9.17, 15) is 34.6 Å². The van der Waals surface area contributed by atoms with Gasteiger partial charge in [0.2, 0.25) is 0 Å². The SMILES string of the molecule is C=CS(=O)(=O)CCN(CCS(=O)(=O)C=C)C(=O)c1cccc(N)c1S(=O)(=O)O. The van der Waals surface area contributed by atoms with Gasteiger partial charge in [0.1, 0.15) is 4.90 Å². The van der Waals surface area contributed by atoms with E-state index in [-0.39, 0.29) is 0 Å². The summed E-state index contributed by atoms with van der Waals surface area (Å²) in [6.07, 6.45) is 0. The highest BCUT2D eigenvalue weighted by molar-refractivity contribution is 7.94. The molecule has 0 heterocycles. The molecule has 0 aromatic heterocycles. The minimum Gasteiger partial charge on any atom is -0.398 e. The zero-order chi connectivity index (χ0) is 21.8. The van der Waals surface area contributed by atoms with Crippen LogP contribution in [0.2, 0.25) is 0 Å². The summed E-state index contributed by atoms with van der Waals surface area (Å²) in [6, 6.07) is 3.48. The van der Waals surface area contributed by atoms with Crippen LogP contribution < -0.4 is 5.73 Å². The van der Waals surface area contributed by atoms with Crippen LogP contribution in [-0.2, 0) is 29.8 Å². The number of sulfone groups is 2. The van der Waals surface area contributed by atoms with Crippen molar-refractivity contribution in [2.45, 2.75) is 4.90 Å². The molecule has 13 heteroatoms. The summed E-state index contributed by atoms with van der Waals surface area (Å²) in [6.45, 7) is 5.39. The second-order valence-electron chi connectivity index (χ2n) is 5.56. The monoisotopic (exact) mass is 452 g/mol. The number of carbonyl (C=O) groups excluding carboxylic acids is 1. The average Bonchev–Trinajstić information content (AvgIpc) is 2.59. The Bertz CT molecular complexity index is 1050. The molecule has 10 nitrogen and oxygen atoms in total. The quantitative estimate of drug-likeness (QED) is 0.368. The third kappa shape index (κ3) is 6.44. The van der Waals surface area contributed by atoms with Crippen molar-refractivity contribution in [3.63, 3.8) is 0 Å². The second-order valence-corrected chi connectivity index (χ2v) is 11.1. The highest BCUT2D eigenvalue weighted by Crippen LogP contribution is 2.24. The van der Waals surface area contributed by atoms with Crippen LogP contribution in [0.5, 0.6) is 0 Å². The lowest BCUT2D eigenvalue weighted by molar-refractivity contribution is 0.0771. The van der Waals surface area contributed by atoms with Crippen molar-refractivity contribution in [1.82, 2.24) is 4.90 Å². The van der Waals surface area contributed by atoms with Gasteiger partial charge in [-0.2, -0.15) is 8.42 Å². The number of hydrogen-bond acceptors (Lipinski definition) is 8. The third-order valence-electron chi connectivity index (χ3n) is 3.62. The van der Waals surface area contributed by atoms with Crippen molar-refractivity contribution in [3.8, 4) is 0 Å². The molecule has 0 saturated carbocycles. The molecule has 0 radical (unpaired) electrons. The Morgan fingerprint density at radius 3 is 1.86 bits per heavy atom. The predicted octanol–water partition coefficient (Wildman–Crippen LogP) is 0.0743.